The van der Waals surface area contributed by atoms with E-state index in [1.807, 2.05) is 0 Å². The summed E-state index contributed by atoms with van der Waals surface area (Å²) in [4.78, 5) is 60.6. The Morgan fingerprint density at radius 1 is 1.03 bits per heavy atom. The van der Waals surface area contributed by atoms with E-state index in [9.17, 15) is 34.2 Å². The fourth-order valence-corrected chi connectivity index (χ4v) is 3.65. The summed E-state index contributed by atoms with van der Waals surface area (Å²) in [6, 6.07) is 1.78. The van der Waals surface area contributed by atoms with E-state index in [0.29, 0.717) is 18.5 Å². The molecule has 1 saturated heterocycles. The van der Waals surface area contributed by atoms with Crippen LogP contribution in [-0.4, -0.2) is 76.3 Å². The summed E-state index contributed by atoms with van der Waals surface area (Å²) in [7, 11) is 0. The molecule has 186 valence electrons. The number of carbonyl (C=O) groups is 5. The summed E-state index contributed by atoms with van der Waals surface area (Å²) in [5, 5.41) is 29.0. The highest BCUT2D eigenvalue weighted by molar-refractivity contribution is 7.80. The zero-order valence-corrected chi connectivity index (χ0v) is 19.2. The highest BCUT2D eigenvalue weighted by Gasteiger charge is 2.31. The first-order chi connectivity index (χ1) is 16.1. The van der Waals surface area contributed by atoms with Crippen LogP contribution in [0.15, 0.2) is 24.3 Å². The van der Waals surface area contributed by atoms with E-state index in [0.717, 1.165) is 6.42 Å². The minimum atomic E-state index is -1.56. The zero-order valence-electron chi connectivity index (χ0n) is 18.3. The third-order valence-electron chi connectivity index (χ3n) is 5.22. The number of carboxylic acids is 1. The van der Waals surface area contributed by atoms with E-state index in [-0.39, 0.29) is 23.8 Å². The Kier molecular flexibility index (Phi) is 10.1. The first-order valence-corrected chi connectivity index (χ1v) is 11.3. The number of carboxylic acid groups (broad SMARTS) is 1. The molecule has 1 heterocycles. The van der Waals surface area contributed by atoms with Crippen LogP contribution < -0.4 is 27.0 Å². The first-order valence-electron chi connectivity index (χ1n) is 10.6. The Bertz CT molecular complexity index is 905. The van der Waals surface area contributed by atoms with Gasteiger partial charge in [0, 0.05) is 12.2 Å². The van der Waals surface area contributed by atoms with Gasteiger partial charge in [-0.3, -0.25) is 19.2 Å². The number of hydrogen-bond donors (Lipinski definition) is 8. The maximum atomic E-state index is 13.0. The van der Waals surface area contributed by atoms with Crippen molar-refractivity contribution in [3.8, 4) is 5.75 Å². The lowest BCUT2D eigenvalue weighted by Crippen LogP contribution is -2.58. The molecule has 0 aromatic heterocycles. The predicted molar refractivity (Wildman–Crippen MR) is 124 cm³/mol. The molecule has 0 spiro atoms. The summed E-state index contributed by atoms with van der Waals surface area (Å²) in [5.74, 6) is -4.44. The van der Waals surface area contributed by atoms with Crippen LogP contribution >= 0.6 is 12.6 Å². The molecule has 4 unspecified atom stereocenters. The summed E-state index contributed by atoms with van der Waals surface area (Å²) >= 11 is 4.05. The van der Waals surface area contributed by atoms with Gasteiger partial charge < -0.3 is 37.2 Å². The predicted octanol–water partition coefficient (Wildman–Crippen LogP) is -1.97. The van der Waals surface area contributed by atoms with Crippen molar-refractivity contribution in [1.82, 2.24) is 21.3 Å². The number of nitrogens with two attached hydrogens (primary N) is 1. The molecule has 1 aliphatic rings. The monoisotopic (exact) mass is 495 g/mol. The van der Waals surface area contributed by atoms with E-state index in [1.165, 1.54) is 12.1 Å². The molecule has 12 nitrogen and oxygen atoms in total. The average Bonchev–Trinajstić information content (AvgIpc) is 3.32. The van der Waals surface area contributed by atoms with Gasteiger partial charge in [0.2, 0.25) is 23.6 Å². The average molecular weight is 496 g/mol. The molecule has 2 rings (SSSR count). The number of thiol groups is 1. The fraction of sp³-hybridized carbons (Fsp3) is 0.476. The van der Waals surface area contributed by atoms with Crippen LogP contribution in [0.2, 0.25) is 0 Å². The number of hydrogen-bond acceptors (Lipinski definition) is 8. The Morgan fingerprint density at radius 3 is 2.18 bits per heavy atom. The molecule has 0 radical (unpaired) electrons. The molecule has 13 heteroatoms. The van der Waals surface area contributed by atoms with Gasteiger partial charge in [0.1, 0.15) is 23.9 Å². The molecule has 1 aliphatic heterocycles. The maximum absolute atomic E-state index is 13.0. The number of benzene rings is 1. The van der Waals surface area contributed by atoms with Gasteiger partial charge in [-0.25, -0.2) is 4.79 Å². The molecule has 0 aliphatic carbocycles. The van der Waals surface area contributed by atoms with Crippen LogP contribution in [0.25, 0.3) is 0 Å². The number of aromatic hydroxyl groups is 1. The van der Waals surface area contributed by atoms with Crippen LogP contribution in [0.1, 0.15) is 24.8 Å². The Morgan fingerprint density at radius 2 is 1.65 bits per heavy atom. The minimum absolute atomic E-state index is 0.0414. The molecule has 0 saturated carbocycles. The van der Waals surface area contributed by atoms with Crippen LogP contribution in [0.4, 0.5) is 0 Å². The van der Waals surface area contributed by atoms with Crippen molar-refractivity contribution in [2.75, 3.05) is 12.3 Å². The Balaban J connectivity index is 2.12. The molecule has 34 heavy (non-hydrogen) atoms. The fourth-order valence-electron chi connectivity index (χ4n) is 3.40. The smallest absolute Gasteiger partial charge is 0.326 e. The minimum Gasteiger partial charge on any atom is -0.508 e. The lowest BCUT2D eigenvalue weighted by Gasteiger charge is -2.24. The van der Waals surface area contributed by atoms with Gasteiger partial charge in [-0.2, -0.15) is 12.6 Å². The van der Waals surface area contributed by atoms with Crippen molar-refractivity contribution in [1.29, 1.82) is 0 Å². The molecule has 1 aromatic carbocycles. The molecule has 8 N–H and O–H groups in total. The van der Waals surface area contributed by atoms with Gasteiger partial charge in [0.15, 0.2) is 0 Å². The van der Waals surface area contributed by atoms with Crippen LogP contribution in [0.5, 0.6) is 5.75 Å². The van der Waals surface area contributed by atoms with Crippen molar-refractivity contribution < 1.29 is 34.2 Å². The van der Waals surface area contributed by atoms with Gasteiger partial charge in [-0.05, 0) is 37.1 Å². The van der Waals surface area contributed by atoms with Gasteiger partial charge in [-0.15, -0.1) is 0 Å². The third-order valence-corrected chi connectivity index (χ3v) is 5.59. The van der Waals surface area contributed by atoms with E-state index >= 15 is 0 Å². The quantitative estimate of drug-likeness (QED) is 0.153. The number of nitrogens with one attached hydrogen (secondary N) is 4. The highest BCUT2D eigenvalue weighted by atomic mass is 32.1. The number of phenolic OH excluding ortho intramolecular Hbond substituents is 1. The van der Waals surface area contributed by atoms with Gasteiger partial charge in [0.25, 0.3) is 0 Å². The number of primary amides is 1. The van der Waals surface area contributed by atoms with Crippen molar-refractivity contribution in [2.24, 2.45) is 5.73 Å². The summed E-state index contributed by atoms with van der Waals surface area (Å²) in [6.45, 7) is 0.685. The third kappa shape index (κ3) is 8.23. The van der Waals surface area contributed by atoms with Crippen molar-refractivity contribution in [3.63, 3.8) is 0 Å². The molecule has 0 bridgehead atoms. The summed E-state index contributed by atoms with van der Waals surface area (Å²) in [6.07, 6.45) is 0.898. The second kappa shape index (κ2) is 12.8. The van der Waals surface area contributed by atoms with Gasteiger partial charge >= 0.3 is 5.97 Å². The maximum Gasteiger partial charge on any atom is 0.326 e. The molecule has 1 fully saturated rings. The standard InChI is InChI=1S/C21H29N5O7S/c22-17(28)9-15(21(32)33)25-20(31)16(10-34)26-19(30)14(8-11-3-5-12(27)6-4-11)24-18(29)13-2-1-7-23-13/h3-6,13-16,23,27,34H,1-2,7-10H2,(H2,22,28)(H,24,29)(H,25,31)(H,26,30)(H,32,33). The number of rotatable bonds is 12. The molecular formula is C21H29N5O7S. The van der Waals surface area contributed by atoms with Crippen molar-refractivity contribution in [3.05, 3.63) is 29.8 Å². The van der Waals surface area contributed by atoms with Crippen LogP contribution in [0, 0.1) is 0 Å². The lowest BCUT2D eigenvalue weighted by atomic mass is 10.0. The molecule has 1 aromatic rings. The van der Waals surface area contributed by atoms with Gasteiger partial charge in [-0.1, -0.05) is 12.1 Å². The number of carbonyl (C=O) groups excluding carboxylic acids is 4. The van der Waals surface area contributed by atoms with Crippen molar-refractivity contribution >= 4 is 42.2 Å². The topological polar surface area (TPSA) is 200 Å². The van der Waals surface area contributed by atoms with Gasteiger partial charge in [0.05, 0.1) is 12.5 Å². The van der Waals surface area contributed by atoms with E-state index < -0.39 is 54.3 Å². The van der Waals surface area contributed by atoms with E-state index in [4.69, 9.17) is 5.73 Å². The highest BCUT2D eigenvalue weighted by Crippen LogP contribution is 2.12. The zero-order chi connectivity index (χ0) is 25.3. The Labute approximate surface area is 201 Å². The molecule has 4 amide bonds. The van der Waals surface area contributed by atoms with Crippen LogP contribution in [0.3, 0.4) is 0 Å². The summed E-state index contributed by atoms with van der Waals surface area (Å²) in [5.41, 5.74) is 5.67. The lowest BCUT2D eigenvalue weighted by molar-refractivity contribution is -0.143. The second-order valence-corrected chi connectivity index (χ2v) is 8.26. The number of amides is 4. The molecule has 4 atom stereocenters. The Hall–Kier alpha value is -3.32. The van der Waals surface area contributed by atoms with E-state index in [1.54, 1.807) is 12.1 Å². The SMILES string of the molecule is NC(=O)CC(NC(=O)C(CS)NC(=O)C(Cc1ccc(O)cc1)NC(=O)C1CCCN1)C(=O)O. The normalized spacial score (nSPS) is 17.7. The van der Waals surface area contributed by atoms with E-state index in [2.05, 4.69) is 33.9 Å². The number of phenols is 1. The molecular weight excluding hydrogens is 466 g/mol. The number of aliphatic carboxylic acids is 1. The second-order valence-electron chi connectivity index (χ2n) is 7.89. The largest absolute Gasteiger partial charge is 0.508 e. The van der Waals surface area contributed by atoms with Crippen molar-refractivity contribution in [2.45, 2.75) is 49.9 Å². The van der Waals surface area contributed by atoms with Crippen LogP contribution in [-0.2, 0) is 30.4 Å². The first kappa shape index (κ1) is 26.9. The summed E-state index contributed by atoms with van der Waals surface area (Å²) < 4.78 is 0.